The Hall–Kier alpha value is -2.30. The number of rotatable bonds is 8. The third kappa shape index (κ3) is 4.89. The van der Waals surface area contributed by atoms with Gasteiger partial charge >= 0.3 is 17.9 Å². The second-order valence-electron chi connectivity index (χ2n) is 9.50. The number of Topliss-reactive ketones (excluding diaryl/α,β-unsaturated/α-hetero) is 1. The molecule has 4 rings (SSSR count). The van der Waals surface area contributed by atoms with Crippen LogP contribution in [0.5, 0.6) is 0 Å². The summed E-state index contributed by atoms with van der Waals surface area (Å²) in [6.45, 7) is 3.45. The fourth-order valence-corrected chi connectivity index (χ4v) is 6.04. The number of methoxy groups -OCH3 is 1. The van der Waals surface area contributed by atoms with Gasteiger partial charge in [0.2, 0.25) is 0 Å². The summed E-state index contributed by atoms with van der Waals surface area (Å²) in [6, 6.07) is 0. The molecule has 2 saturated carbocycles. The largest absolute Gasteiger partial charge is 0.463 e. The van der Waals surface area contributed by atoms with Crippen molar-refractivity contribution < 1.29 is 47.6 Å². The number of hydrogen-bond acceptors (Lipinski definition) is 10. The van der Waals surface area contributed by atoms with Gasteiger partial charge in [0.15, 0.2) is 24.3 Å². The second kappa shape index (κ2) is 10.1. The fraction of sp³-hybridized carbons (Fsp3) is 0.750. The van der Waals surface area contributed by atoms with Crippen molar-refractivity contribution in [1.29, 1.82) is 0 Å². The van der Waals surface area contributed by atoms with Crippen LogP contribution >= 0.6 is 0 Å². The van der Waals surface area contributed by atoms with Gasteiger partial charge < -0.3 is 28.4 Å². The Morgan fingerprint density at radius 2 is 1.65 bits per heavy atom. The van der Waals surface area contributed by atoms with Crippen LogP contribution in [0.25, 0.3) is 0 Å². The van der Waals surface area contributed by atoms with E-state index in [4.69, 9.17) is 28.4 Å². The van der Waals surface area contributed by atoms with Crippen LogP contribution in [0.2, 0.25) is 0 Å². The van der Waals surface area contributed by atoms with Crippen molar-refractivity contribution in [3.8, 4) is 0 Å². The minimum absolute atomic E-state index is 0.0256. The molecule has 2 bridgehead atoms. The van der Waals surface area contributed by atoms with Crippen LogP contribution in [0.1, 0.15) is 40.0 Å². The third-order valence-corrected chi connectivity index (χ3v) is 7.30. The molecule has 0 amide bonds. The Bertz CT molecular complexity index is 866. The van der Waals surface area contributed by atoms with E-state index in [-0.39, 0.29) is 30.8 Å². The normalized spacial score (nSPS) is 38.3. The molecule has 10 nitrogen and oxygen atoms in total. The van der Waals surface area contributed by atoms with Crippen molar-refractivity contribution in [2.24, 2.45) is 23.7 Å². The number of carbonyl (C=O) groups excluding carboxylic acids is 4. The number of fused-ring (bicyclic) bond motifs is 5. The molecule has 10 heteroatoms. The van der Waals surface area contributed by atoms with E-state index in [9.17, 15) is 19.2 Å². The predicted octanol–water partition coefficient (Wildman–Crippen LogP) is 1.34. The Morgan fingerprint density at radius 3 is 2.26 bits per heavy atom. The van der Waals surface area contributed by atoms with E-state index in [0.29, 0.717) is 17.4 Å². The summed E-state index contributed by atoms with van der Waals surface area (Å²) < 4.78 is 33.3. The first-order chi connectivity index (χ1) is 16.2. The average molecular weight is 481 g/mol. The van der Waals surface area contributed by atoms with Crippen molar-refractivity contribution in [1.82, 2.24) is 0 Å². The van der Waals surface area contributed by atoms with Gasteiger partial charge in [-0.1, -0.05) is 6.08 Å². The second-order valence-corrected chi connectivity index (χ2v) is 9.50. The zero-order valence-electron chi connectivity index (χ0n) is 19.9. The lowest BCUT2D eigenvalue weighted by molar-refractivity contribution is -0.305. The molecule has 1 aliphatic heterocycles. The molecule has 1 heterocycles. The van der Waals surface area contributed by atoms with Crippen LogP contribution in [-0.4, -0.2) is 74.7 Å². The van der Waals surface area contributed by atoms with Crippen molar-refractivity contribution in [3.05, 3.63) is 11.6 Å². The first kappa shape index (κ1) is 24.8. The maximum absolute atomic E-state index is 13.1. The Balaban J connectivity index is 1.56. The first-order valence-corrected chi connectivity index (χ1v) is 11.7. The first-order valence-electron chi connectivity index (χ1n) is 11.7. The van der Waals surface area contributed by atoms with E-state index in [1.165, 1.54) is 27.9 Å². The van der Waals surface area contributed by atoms with Crippen molar-refractivity contribution in [2.45, 2.75) is 70.7 Å². The summed E-state index contributed by atoms with van der Waals surface area (Å²) in [7, 11) is 1.37. The van der Waals surface area contributed by atoms with Crippen LogP contribution < -0.4 is 0 Å². The summed E-state index contributed by atoms with van der Waals surface area (Å²) in [5.74, 6) is -0.374. The molecule has 0 radical (unpaired) electrons. The van der Waals surface area contributed by atoms with Crippen molar-refractivity contribution in [3.63, 3.8) is 0 Å². The Morgan fingerprint density at radius 1 is 0.971 bits per heavy atom. The molecular weight excluding hydrogens is 448 g/mol. The van der Waals surface area contributed by atoms with E-state index in [1.54, 1.807) is 0 Å². The molecule has 0 aromatic carbocycles. The molecule has 0 aromatic heterocycles. The van der Waals surface area contributed by atoms with E-state index in [1.807, 2.05) is 6.08 Å². The highest BCUT2D eigenvalue weighted by atomic mass is 16.7. The van der Waals surface area contributed by atoms with E-state index < -0.39 is 48.6 Å². The standard InChI is InChI=1S/C24H32O10/c1-11(25)30-10-18-21(32-12(2)26)22(23(33-13(3)27)24(29-4)34-18)31-9-16-8-17-14-5-6-15(7-14)19(17)20(16)28/h8,14-15,17-19,21-24H,5-7,9-10H2,1-4H3/t14?,15?,17?,18-,19?,21+,22+,23-,24-/m1/s1. The van der Waals surface area contributed by atoms with E-state index in [0.717, 1.165) is 19.3 Å². The number of ether oxygens (including phenoxy) is 6. The van der Waals surface area contributed by atoms with Gasteiger partial charge in [-0.05, 0) is 37.0 Å². The topological polar surface area (TPSA) is 124 Å². The van der Waals surface area contributed by atoms with Gasteiger partial charge in [-0.3, -0.25) is 19.2 Å². The molecule has 34 heavy (non-hydrogen) atoms. The average Bonchev–Trinajstić information content (AvgIpc) is 3.45. The van der Waals surface area contributed by atoms with Crippen LogP contribution in [0.3, 0.4) is 0 Å². The lowest BCUT2D eigenvalue weighted by Crippen LogP contribution is -2.62. The van der Waals surface area contributed by atoms with Crippen LogP contribution in [0.15, 0.2) is 11.6 Å². The molecule has 0 N–H and O–H groups in total. The number of hydrogen-bond donors (Lipinski definition) is 0. The molecule has 1 saturated heterocycles. The van der Waals surface area contributed by atoms with E-state index in [2.05, 4.69) is 0 Å². The number of allylic oxidation sites excluding steroid dienone is 1. The summed E-state index contributed by atoms with van der Waals surface area (Å²) >= 11 is 0. The molecular formula is C24H32O10. The lowest BCUT2D eigenvalue weighted by Gasteiger charge is -2.44. The van der Waals surface area contributed by atoms with Crippen LogP contribution in [-0.2, 0) is 47.6 Å². The highest BCUT2D eigenvalue weighted by molar-refractivity contribution is 6.00. The van der Waals surface area contributed by atoms with Gasteiger partial charge in [-0.25, -0.2) is 0 Å². The minimum atomic E-state index is -1.08. The summed E-state index contributed by atoms with van der Waals surface area (Å²) in [5.41, 5.74) is 0.590. The fourth-order valence-electron chi connectivity index (χ4n) is 6.04. The van der Waals surface area contributed by atoms with Crippen LogP contribution in [0, 0.1) is 23.7 Å². The zero-order valence-corrected chi connectivity index (χ0v) is 19.9. The minimum Gasteiger partial charge on any atom is -0.463 e. The number of carbonyl (C=O) groups is 4. The number of esters is 3. The predicted molar refractivity (Wildman–Crippen MR) is 114 cm³/mol. The van der Waals surface area contributed by atoms with Crippen LogP contribution in [0.4, 0.5) is 0 Å². The quantitative estimate of drug-likeness (QED) is 0.371. The molecule has 3 fully saturated rings. The number of ketones is 1. The zero-order chi connectivity index (χ0) is 24.6. The van der Waals surface area contributed by atoms with Gasteiger partial charge in [-0.2, -0.15) is 0 Å². The third-order valence-electron chi connectivity index (χ3n) is 7.30. The molecule has 188 valence electrons. The highest BCUT2D eigenvalue weighted by Gasteiger charge is 2.54. The summed E-state index contributed by atoms with van der Waals surface area (Å²) in [5, 5.41) is 0. The maximum atomic E-state index is 13.1. The van der Waals surface area contributed by atoms with Gasteiger partial charge in [0.25, 0.3) is 0 Å². The molecule has 0 aromatic rings. The molecule has 9 atom stereocenters. The molecule has 3 aliphatic carbocycles. The Labute approximate surface area is 198 Å². The lowest BCUT2D eigenvalue weighted by atomic mass is 9.81. The maximum Gasteiger partial charge on any atom is 0.303 e. The van der Waals surface area contributed by atoms with Crippen molar-refractivity contribution in [2.75, 3.05) is 20.3 Å². The monoisotopic (exact) mass is 480 g/mol. The Kier molecular flexibility index (Phi) is 7.39. The smallest absolute Gasteiger partial charge is 0.303 e. The van der Waals surface area contributed by atoms with E-state index >= 15 is 0 Å². The SMILES string of the molecule is CO[C@@H]1O[C@H](COC(C)=O)[C@H](OC(C)=O)[C@H](OCC2=CC3C4CCC(C4)C3C2=O)[C@H]1OC(C)=O. The van der Waals surface area contributed by atoms with Gasteiger partial charge in [0, 0.05) is 39.4 Å². The van der Waals surface area contributed by atoms with Gasteiger partial charge in [0.05, 0.1) is 6.61 Å². The van der Waals surface area contributed by atoms with Gasteiger partial charge in [-0.15, -0.1) is 0 Å². The van der Waals surface area contributed by atoms with Gasteiger partial charge in [0.1, 0.15) is 18.8 Å². The molecule has 4 aliphatic rings. The summed E-state index contributed by atoms with van der Waals surface area (Å²) in [6.07, 6.45) is 0.231. The highest BCUT2D eigenvalue weighted by Crippen LogP contribution is 2.56. The van der Waals surface area contributed by atoms with Crippen molar-refractivity contribution >= 4 is 23.7 Å². The molecule has 4 unspecified atom stereocenters. The summed E-state index contributed by atoms with van der Waals surface area (Å²) in [4.78, 5) is 48.2. The molecule has 0 spiro atoms.